The Labute approximate surface area is 260 Å². The van der Waals surface area contributed by atoms with E-state index in [-0.39, 0.29) is 36.0 Å². The molecule has 2 fully saturated rings. The number of hydrogen-bond donors (Lipinski definition) is 1. The highest BCUT2D eigenvalue weighted by Crippen LogP contribution is 2.34. The number of aromatic nitrogens is 5. The van der Waals surface area contributed by atoms with Gasteiger partial charge in [0.25, 0.3) is 5.56 Å². The highest BCUT2D eigenvalue weighted by Gasteiger charge is 2.31. The lowest BCUT2D eigenvalue weighted by molar-refractivity contribution is -0.127. The van der Waals surface area contributed by atoms with Gasteiger partial charge in [-0.1, -0.05) is 67.0 Å². The molecule has 0 radical (unpaired) electrons. The van der Waals surface area contributed by atoms with Crippen molar-refractivity contribution in [2.45, 2.75) is 76.9 Å². The predicted molar refractivity (Wildman–Crippen MR) is 169 cm³/mol. The molecule has 2 aliphatic carbocycles. The first-order chi connectivity index (χ1) is 22.0. The van der Waals surface area contributed by atoms with Gasteiger partial charge in [0.2, 0.25) is 0 Å². The number of H-pyrrole nitrogens is 1. The number of fused-ring (bicyclic) bond motifs is 1. The summed E-state index contributed by atoms with van der Waals surface area (Å²) < 4.78 is 14.6. The summed E-state index contributed by atoms with van der Waals surface area (Å²) in [5, 5.41) is 8.54. The molecule has 0 amide bonds. The Balaban J connectivity index is 1.16. The van der Waals surface area contributed by atoms with Crippen molar-refractivity contribution in [3.05, 3.63) is 98.5 Å². The molecule has 45 heavy (non-hydrogen) atoms. The van der Waals surface area contributed by atoms with Crippen LogP contribution in [-0.2, 0) is 22.4 Å². The zero-order valence-corrected chi connectivity index (χ0v) is 25.4. The Bertz CT molecular complexity index is 1940. The number of rotatable bonds is 11. The maximum atomic E-state index is 14.4. The third-order valence-corrected chi connectivity index (χ3v) is 9.21. The Morgan fingerprint density at radius 2 is 1.73 bits per heavy atom. The van der Waals surface area contributed by atoms with E-state index in [0.29, 0.717) is 12.2 Å². The third kappa shape index (κ3) is 5.94. The Morgan fingerprint density at radius 1 is 0.978 bits per heavy atom. The minimum atomic E-state index is -0.598. The molecule has 10 nitrogen and oxygen atoms in total. The smallest absolute Gasteiger partial charge is 0.370 e. The molecule has 0 atom stereocenters. The number of aromatic amines is 1. The fraction of sp³-hybridized carbons (Fsp3) is 0.400. The van der Waals surface area contributed by atoms with E-state index in [0.717, 1.165) is 90.5 Å². The van der Waals surface area contributed by atoms with Crippen molar-refractivity contribution in [1.29, 1.82) is 0 Å². The summed E-state index contributed by atoms with van der Waals surface area (Å²) in [4.78, 5) is 40.7. The lowest BCUT2D eigenvalue weighted by Gasteiger charge is -2.31. The van der Waals surface area contributed by atoms with Crippen molar-refractivity contribution < 1.29 is 14.1 Å². The lowest BCUT2D eigenvalue weighted by Crippen LogP contribution is -2.35. The topological polar surface area (TPSA) is 124 Å². The molecule has 0 unspecified atom stereocenters. The summed E-state index contributed by atoms with van der Waals surface area (Å²) in [5.41, 5.74) is 6.27. The van der Waals surface area contributed by atoms with Gasteiger partial charge < -0.3 is 4.74 Å². The molecular weight excluding hydrogens is 570 g/mol. The third-order valence-electron chi connectivity index (χ3n) is 9.21. The zero-order chi connectivity index (χ0) is 30.9. The fourth-order valence-corrected chi connectivity index (χ4v) is 6.70. The van der Waals surface area contributed by atoms with Gasteiger partial charge in [0.1, 0.15) is 12.3 Å². The average Bonchev–Trinajstić information content (AvgIpc) is 3.66. The van der Waals surface area contributed by atoms with Crippen LogP contribution in [0, 0.1) is 5.92 Å². The highest BCUT2D eigenvalue weighted by molar-refractivity contribution is 5.84. The number of nitrogens with zero attached hydrogens (tertiary/aromatic N) is 4. The maximum absolute atomic E-state index is 14.4. The van der Waals surface area contributed by atoms with E-state index in [1.807, 2.05) is 51.5 Å². The Hall–Kier alpha value is -4.57. The van der Waals surface area contributed by atoms with Crippen LogP contribution >= 0.6 is 0 Å². The number of carbonyl (C=O) groups is 1. The number of ketones is 1. The van der Waals surface area contributed by atoms with E-state index in [1.54, 1.807) is 6.20 Å². The molecule has 1 N–H and O–H groups in total. The number of ether oxygens (including phenoxy) is 1. The Kier molecular flexibility index (Phi) is 8.06. The summed E-state index contributed by atoms with van der Waals surface area (Å²) in [6.45, 7) is 2.33. The quantitative estimate of drug-likeness (QED) is 0.209. The second-order valence-electron chi connectivity index (χ2n) is 12.3. The van der Waals surface area contributed by atoms with Gasteiger partial charge in [-0.05, 0) is 61.6 Å². The molecule has 3 aromatic heterocycles. The number of nitrogens with one attached hydrogen (secondary N) is 1. The summed E-state index contributed by atoms with van der Waals surface area (Å²) >= 11 is 0. The highest BCUT2D eigenvalue weighted by atomic mass is 16.5. The molecule has 2 saturated carbocycles. The van der Waals surface area contributed by atoms with Crippen LogP contribution in [0.25, 0.3) is 28.2 Å². The van der Waals surface area contributed by atoms with E-state index in [2.05, 4.69) is 34.3 Å². The van der Waals surface area contributed by atoms with Crippen LogP contribution in [0.5, 0.6) is 0 Å². The standard InChI is InChI=1S/C35H37N5O5/c1-2-5-30-29(20-22-8-10-23(11-9-22)27-6-3-4-7-28(27)33-37-35(43)45-38-33)34(42)39(32-18-19-36-40(30)32)25-14-16-26(17-15-25)44-21-31(41)24-12-13-24/h3-4,6-11,18-19,24-26H,2,5,12-17,20-21H2,1H3,(H,37,38,43)/t25-,26-. The fourth-order valence-electron chi connectivity index (χ4n) is 6.70. The molecule has 232 valence electrons. The molecule has 7 rings (SSSR count). The van der Waals surface area contributed by atoms with Gasteiger partial charge in [-0.25, -0.2) is 9.31 Å². The van der Waals surface area contributed by atoms with Gasteiger partial charge in [-0.15, -0.1) is 0 Å². The number of carbonyl (C=O) groups excluding carboxylic acids is 1. The molecule has 0 saturated heterocycles. The summed E-state index contributed by atoms with van der Waals surface area (Å²) in [6.07, 6.45) is 9.27. The second-order valence-corrected chi connectivity index (χ2v) is 12.3. The largest absolute Gasteiger partial charge is 0.439 e. The van der Waals surface area contributed by atoms with Crippen LogP contribution in [-0.4, -0.2) is 42.8 Å². The van der Waals surface area contributed by atoms with Crippen LogP contribution in [0.2, 0.25) is 0 Å². The van der Waals surface area contributed by atoms with Gasteiger partial charge in [-0.2, -0.15) is 5.10 Å². The van der Waals surface area contributed by atoms with Crippen molar-refractivity contribution in [3.63, 3.8) is 0 Å². The van der Waals surface area contributed by atoms with Gasteiger partial charge in [0.15, 0.2) is 11.6 Å². The molecule has 2 aliphatic rings. The van der Waals surface area contributed by atoms with Crippen LogP contribution in [0.3, 0.4) is 0 Å². The van der Waals surface area contributed by atoms with Crippen molar-refractivity contribution in [2.75, 3.05) is 6.61 Å². The van der Waals surface area contributed by atoms with Crippen molar-refractivity contribution in [2.24, 2.45) is 5.92 Å². The van der Waals surface area contributed by atoms with Gasteiger partial charge in [0.05, 0.1) is 18.0 Å². The average molecular weight is 608 g/mol. The summed E-state index contributed by atoms with van der Waals surface area (Å²) in [5.74, 6) is 0.228. The van der Waals surface area contributed by atoms with Gasteiger partial charge in [0, 0.05) is 35.6 Å². The van der Waals surface area contributed by atoms with Crippen LogP contribution in [0.4, 0.5) is 0 Å². The zero-order valence-electron chi connectivity index (χ0n) is 25.4. The van der Waals surface area contributed by atoms with E-state index in [1.165, 1.54) is 0 Å². The van der Waals surface area contributed by atoms with E-state index >= 15 is 0 Å². The number of Topliss-reactive ketones (excluding diaryl/α,β-unsaturated/α-hetero) is 1. The first-order valence-corrected chi connectivity index (χ1v) is 16.0. The maximum Gasteiger partial charge on any atom is 0.439 e. The van der Waals surface area contributed by atoms with Crippen LogP contribution in [0.15, 0.2) is 74.9 Å². The second kappa shape index (κ2) is 12.4. The molecule has 10 heteroatoms. The van der Waals surface area contributed by atoms with E-state index in [9.17, 15) is 14.4 Å². The first-order valence-electron chi connectivity index (χ1n) is 16.0. The van der Waals surface area contributed by atoms with Crippen molar-refractivity contribution in [1.82, 2.24) is 24.3 Å². The van der Waals surface area contributed by atoms with E-state index < -0.39 is 5.76 Å². The molecule has 0 spiro atoms. The van der Waals surface area contributed by atoms with Crippen LogP contribution in [0.1, 0.15) is 74.7 Å². The normalized spacial score (nSPS) is 18.4. The summed E-state index contributed by atoms with van der Waals surface area (Å²) in [7, 11) is 0. The van der Waals surface area contributed by atoms with Gasteiger partial charge >= 0.3 is 5.76 Å². The molecule has 0 aliphatic heterocycles. The number of hydrogen-bond acceptors (Lipinski definition) is 7. The van der Waals surface area contributed by atoms with Crippen molar-refractivity contribution >= 4 is 11.4 Å². The molecule has 5 aromatic rings. The minimum absolute atomic E-state index is 0.0455. The summed E-state index contributed by atoms with van der Waals surface area (Å²) in [6, 6.07) is 17.9. The molecule has 2 aromatic carbocycles. The molecule has 0 bridgehead atoms. The molecular formula is C35H37N5O5. The van der Waals surface area contributed by atoms with Gasteiger partial charge in [-0.3, -0.25) is 23.7 Å². The minimum Gasteiger partial charge on any atom is -0.370 e. The number of aryl methyl sites for hydroxylation is 1. The Morgan fingerprint density at radius 3 is 2.42 bits per heavy atom. The van der Waals surface area contributed by atoms with E-state index in [4.69, 9.17) is 9.26 Å². The number of benzene rings is 2. The first kappa shape index (κ1) is 29.2. The van der Waals surface area contributed by atoms with Crippen molar-refractivity contribution in [3.8, 4) is 22.5 Å². The van der Waals surface area contributed by atoms with Crippen LogP contribution < -0.4 is 11.3 Å². The lowest BCUT2D eigenvalue weighted by atomic mass is 9.92. The predicted octanol–water partition coefficient (Wildman–Crippen LogP) is 5.53. The monoisotopic (exact) mass is 607 g/mol. The molecule has 3 heterocycles. The SMILES string of the molecule is CCCc1c(Cc2ccc(-c3ccccc3-c3noc(=O)[nH]3)cc2)c(=O)n([C@H]2CC[C@H](OCC(=O)C3CC3)CC2)c2ccnn12.